The highest BCUT2D eigenvalue weighted by Crippen LogP contribution is 2.28. The average Bonchev–Trinajstić information content (AvgIpc) is 3.42. The first-order valence-electron chi connectivity index (χ1n) is 11.1. The minimum atomic E-state index is -0.254. The monoisotopic (exact) mass is 449 g/mol. The largest absolute Gasteiger partial charge is 0.383 e. The summed E-state index contributed by atoms with van der Waals surface area (Å²) in [6.45, 7) is 3.50. The molecular weight excluding hydrogens is 418 g/mol. The fraction of sp³-hybridized carbons (Fsp3) is 0.360. The number of carbonyl (C=O) groups is 1. The Morgan fingerprint density at radius 2 is 1.76 bits per heavy atom. The Kier molecular flexibility index (Phi) is 7.72. The lowest BCUT2D eigenvalue weighted by molar-refractivity contribution is 0.159. The Balaban J connectivity index is 1.50. The van der Waals surface area contributed by atoms with Gasteiger partial charge in [-0.2, -0.15) is 5.10 Å². The summed E-state index contributed by atoms with van der Waals surface area (Å²) in [7, 11) is 3.34. The molecule has 2 atom stereocenters. The van der Waals surface area contributed by atoms with Gasteiger partial charge in [0.1, 0.15) is 5.82 Å². The Morgan fingerprint density at radius 3 is 2.45 bits per heavy atom. The molecule has 1 aliphatic heterocycles. The molecule has 0 aliphatic carbocycles. The van der Waals surface area contributed by atoms with E-state index in [1.54, 1.807) is 18.9 Å². The molecule has 0 radical (unpaired) electrons. The van der Waals surface area contributed by atoms with E-state index < -0.39 is 0 Å². The van der Waals surface area contributed by atoms with Crippen LogP contribution in [0.2, 0.25) is 0 Å². The van der Waals surface area contributed by atoms with Crippen LogP contribution >= 0.6 is 0 Å². The first-order valence-corrected chi connectivity index (χ1v) is 11.1. The Morgan fingerprint density at radius 1 is 1.03 bits per heavy atom. The predicted octanol–water partition coefficient (Wildman–Crippen LogP) is 3.25. The summed E-state index contributed by atoms with van der Waals surface area (Å²) >= 11 is 0. The second kappa shape index (κ2) is 11.1. The number of para-hydroxylation sites is 1. The summed E-state index contributed by atoms with van der Waals surface area (Å²) in [4.78, 5) is 15.4. The number of nitrogens with zero attached hydrogens (tertiary/aromatic N) is 3. The molecule has 2 heterocycles. The van der Waals surface area contributed by atoms with Crippen molar-refractivity contribution in [2.24, 2.45) is 0 Å². The van der Waals surface area contributed by atoms with E-state index in [1.807, 2.05) is 54.6 Å². The summed E-state index contributed by atoms with van der Waals surface area (Å²) in [6.07, 6.45) is 0. The van der Waals surface area contributed by atoms with Gasteiger partial charge in [0.25, 0.3) is 0 Å². The van der Waals surface area contributed by atoms with Gasteiger partial charge in [-0.1, -0.05) is 48.5 Å². The molecule has 0 spiro atoms. The second-order valence-corrected chi connectivity index (χ2v) is 8.18. The number of likely N-dealkylation sites (tertiary alicyclic amines) is 1. The van der Waals surface area contributed by atoms with Gasteiger partial charge < -0.3 is 14.8 Å². The smallest absolute Gasteiger partial charge is 0.320 e. The quantitative estimate of drug-likeness (QED) is 0.524. The van der Waals surface area contributed by atoms with Crippen LogP contribution in [0.25, 0.3) is 5.69 Å². The lowest BCUT2D eigenvalue weighted by Gasteiger charge is -2.20. The van der Waals surface area contributed by atoms with E-state index in [4.69, 9.17) is 9.47 Å². The molecule has 3 aromatic rings. The number of amides is 2. The van der Waals surface area contributed by atoms with Crippen molar-refractivity contribution in [2.75, 3.05) is 45.8 Å². The molecule has 8 nitrogen and oxygen atoms in total. The number of benzene rings is 2. The van der Waals surface area contributed by atoms with E-state index in [9.17, 15) is 4.79 Å². The molecule has 1 aliphatic rings. The zero-order valence-corrected chi connectivity index (χ0v) is 19.1. The maximum absolute atomic E-state index is 13.1. The zero-order chi connectivity index (χ0) is 23.0. The van der Waals surface area contributed by atoms with E-state index in [1.165, 1.54) is 5.56 Å². The summed E-state index contributed by atoms with van der Waals surface area (Å²) in [5.74, 6) is 0.799. The molecule has 0 bridgehead atoms. The maximum atomic E-state index is 13.1. The molecule has 1 fully saturated rings. The Hall–Kier alpha value is -3.20. The topological polar surface area (TPSA) is 80.7 Å². The number of rotatable bonds is 9. The van der Waals surface area contributed by atoms with E-state index in [0.717, 1.165) is 31.0 Å². The second-order valence-electron chi connectivity index (χ2n) is 8.18. The van der Waals surface area contributed by atoms with E-state index in [0.29, 0.717) is 19.0 Å². The number of methoxy groups -OCH3 is 2. The van der Waals surface area contributed by atoms with Gasteiger partial charge >= 0.3 is 6.03 Å². The molecule has 0 saturated carbocycles. The van der Waals surface area contributed by atoms with Crippen molar-refractivity contribution in [3.8, 4) is 5.69 Å². The minimum absolute atomic E-state index is 0.0178. The molecule has 33 heavy (non-hydrogen) atoms. The maximum Gasteiger partial charge on any atom is 0.320 e. The summed E-state index contributed by atoms with van der Waals surface area (Å²) in [6, 6.07) is 21.6. The minimum Gasteiger partial charge on any atom is -0.383 e. The lowest BCUT2D eigenvalue weighted by atomic mass is 9.94. The van der Waals surface area contributed by atoms with Crippen molar-refractivity contribution in [1.82, 2.24) is 20.0 Å². The third kappa shape index (κ3) is 5.78. The molecule has 4 rings (SSSR count). The summed E-state index contributed by atoms with van der Waals surface area (Å²) < 4.78 is 12.2. The molecule has 2 N–H and O–H groups in total. The standard InChI is InChI=1S/C25H31N5O3/c1-32-14-13-29-16-22(19-9-5-3-6-10-19)23(17-29)26-25(31)27-24-15-20(18-33-2)28-30(24)21-11-7-4-8-12-21/h3-12,15,22-23H,13-14,16-18H2,1-2H3,(H2,26,27,31)/t22-,23+/m0/s1. The number of hydrogen-bond acceptors (Lipinski definition) is 5. The highest BCUT2D eigenvalue weighted by molar-refractivity contribution is 5.89. The van der Waals surface area contributed by atoms with Gasteiger partial charge in [-0.05, 0) is 17.7 Å². The zero-order valence-electron chi connectivity index (χ0n) is 19.1. The fourth-order valence-corrected chi connectivity index (χ4v) is 4.30. The highest BCUT2D eigenvalue weighted by Gasteiger charge is 2.34. The predicted molar refractivity (Wildman–Crippen MR) is 128 cm³/mol. The van der Waals surface area contributed by atoms with Crippen molar-refractivity contribution in [1.29, 1.82) is 0 Å². The molecule has 1 saturated heterocycles. The average molecular weight is 450 g/mol. The highest BCUT2D eigenvalue weighted by atomic mass is 16.5. The molecule has 1 aromatic heterocycles. The Labute approximate surface area is 194 Å². The summed E-state index contributed by atoms with van der Waals surface area (Å²) in [5, 5.41) is 10.8. The summed E-state index contributed by atoms with van der Waals surface area (Å²) in [5.41, 5.74) is 2.83. The van der Waals surface area contributed by atoms with Crippen LogP contribution in [0.4, 0.5) is 10.6 Å². The van der Waals surface area contributed by atoms with Gasteiger partial charge in [-0.25, -0.2) is 9.48 Å². The molecule has 0 unspecified atom stereocenters. The van der Waals surface area contributed by atoms with Gasteiger partial charge in [-0.3, -0.25) is 10.2 Å². The lowest BCUT2D eigenvalue weighted by Crippen LogP contribution is -2.42. The van der Waals surface area contributed by atoms with Gasteiger partial charge in [0.15, 0.2) is 0 Å². The van der Waals surface area contributed by atoms with E-state index in [-0.39, 0.29) is 18.0 Å². The van der Waals surface area contributed by atoms with Crippen LogP contribution in [0.1, 0.15) is 17.2 Å². The van der Waals surface area contributed by atoms with Gasteiger partial charge in [0.2, 0.25) is 0 Å². The number of carbonyl (C=O) groups excluding carboxylic acids is 1. The van der Waals surface area contributed by atoms with Gasteiger partial charge in [0, 0.05) is 45.8 Å². The fourth-order valence-electron chi connectivity index (χ4n) is 4.30. The van der Waals surface area contributed by atoms with Crippen LogP contribution in [0, 0.1) is 0 Å². The van der Waals surface area contributed by atoms with Crippen LogP contribution in [0.3, 0.4) is 0 Å². The first kappa shape index (κ1) is 23.0. The normalized spacial score (nSPS) is 18.4. The number of nitrogens with one attached hydrogen (secondary N) is 2. The Bertz CT molecular complexity index is 1030. The van der Waals surface area contributed by atoms with Crippen LogP contribution < -0.4 is 10.6 Å². The molecule has 2 amide bonds. The number of urea groups is 1. The van der Waals surface area contributed by atoms with Crippen molar-refractivity contribution in [2.45, 2.75) is 18.6 Å². The van der Waals surface area contributed by atoms with Crippen molar-refractivity contribution < 1.29 is 14.3 Å². The third-order valence-electron chi connectivity index (χ3n) is 5.85. The number of hydrogen-bond donors (Lipinski definition) is 2. The van der Waals surface area contributed by atoms with E-state index in [2.05, 4.69) is 32.8 Å². The van der Waals surface area contributed by atoms with Crippen LogP contribution in [0.5, 0.6) is 0 Å². The van der Waals surface area contributed by atoms with Crippen molar-refractivity contribution in [3.63, 3.8) is 0 Å². The van der Waals surface area contributed by atoms with Crippen LogP contribution in [-0.4, -0.2) is 67.2 Å². The molecule has 174 valence electrons. The molecular formula is C25H31N5O3. The van der Waals surface area contributed by atoms with Crippen molar-refractivity contribution >= 4 is 11.8 Å². The number of anilines is 1. The van der Waals surface area contributed by atoms with Crippen molar-refractivity contribution in [3.05, 3.63) is 78.0 Å². The SMILES string of the molecule is COCCN1C[C@@H](NC(=O)Nc2cc(COC)nn2-c2ccccc2)[C@H](c2ccccc2)C1. The first-order chi connectivity index (χ1) is 16.2. The number of aromatic nitrogens is 2. The van der Waals surface area contributed by atoms with Crippen LogP contribution in [0.15, 0.2) is 66.7 Å². The van der Waals surface area contributed by atoms with Gasteiger partial charge in [0.05, 0.1) is 30.6 Å². The number of ether oxygens (including phenoxy) is 2. The van der Waals surface area contributed by atoms with Crippen LogP contribution in [-0.2, 0) is 16.1 Å². The third-order valence-corrected chi connectivity index (χ3v) is 5.85. The molecule has 2 aromatic carbocycles. The van der Waals surface area contributed by atoms with E-state index >= 15 is 0 Å². The molecule has 8 heteroatoms. The van der Waals surface area contributed by atoms with Gasteiger partial charge in [-0.15, -0.1) is 0 Å².